The molecule has 2 aromatic rings. The van der Waals surface area contributed by atoms with Gasteiger partial charge in [0.2, 0.25) is 0 Å². The van der Waals surface area contributed by atoms with Crippen LogP contribution in [0.4, 0.5) is 8.78 Å². The normalized spacial score (nSPS) is 15.9. The number of rotatable bonds is 3. The molecular weight excluding hydrogens is 336 g/mol. The van der Waals surface area contributed by atoms with E-state index >= 15 is 0 Å². The van der Waals surface area contributed by atoms with Crippen LogP contribution < -0.4 is 5.32 Å². The molecule has 3 rings (SSSR count). The molecule has 20 heavy (non-hydrogen) atoms. The van der Waals surface area contributed by atoms with Crippen molar-refractivity contribution in [3.63, 3.8) is 0 Å². The molecule has 0 radical (unpaired) electrons. The first-order valence-corrected chi connectivity index (χ1v) is 6.52. The molecule has 0 spiro atoms. The first-order chi connectivity index (χ1) is 9.52. The van der Waals surface area contributed by atoms with Gasteiger partial charge in [-0.1, -0.05) is 5.21 Å². The fraction of sp³-hybridized carbons (Fsp3) is 0.273. The van der Waals surface area contributed by atoms with E-state index in [-0.39, 0.29) is 10.0 Å². The van der Waals surface area contributed by atoms with Crippen LogP contribution in [0.25, 0.3) is 0 Å². The van der Waals surface area contributed by atoms with Gasteiger partial charge in [0.15, 0.2) is 5.82 Å². The minimum Gasteiger partial charge on any atom is -0.339 e. The van der Waals surface area contributed by atoms with Gasteiger partial charge in [0.25, 0.3) is 5.91 Å². The van der Waals surface area contributed by atoms with Crippen molar-refractivity contribution >= 4 is 21.8 Å². The van der Waals surface area contributed by atoms with E-state index in [0.29, 0.717) is 18.7 Å². The molecule has 104 valence electrons. The number of aromatic nitrogens is 4. The summed E-state index contributed by atoms with van der Waals surface area (Å²) in [5.74, 6) is -1.90. The van der Waals surface area contributed by atoms with E-state index in [2.05, 4.69) is 41.9 Å². The lowest BCUT2D eigenvalue weighted by Gasteiger charge is -2.14. The average Bonchev–Trinajstić information content (AvgIpc) is 2.97. The molecule has 1 aliphatic carbocycles. The van der Waals surface area contributed by atoms with Gasteiger partial charge in [-0.25, -0.2) is 8.78 Å². The Morgan fingerprint density at radius 2 is 2.15 bits per heavy atom. The monoisotopic (exact) mass is 343 g/mol. The van der Waals surface area contributed by atoms with E-state index < -0.39 is 23.1 Å². The van der Waals surface area contributed by atoms with Crippen LogP contribution in [-0.2, 0) is 5.54 Å². The molecule has 1 fully saturated rings. The SMILES string of the molecule is O=C(NC1(c2nn[nH]n2)CC1)c1cc(F)cc(Br)c1F. The summed E-state index contributed by atoms with van der Waals surface area (Å²) < 4.78 is 27.0. The molecule has 6 nitrogen and oxygen atoms in total. The zero-order valence-electron chi connectivity index (χ0n) is 9.95. The number of hydrogen-bond donors (Lipinski definition) is 2. The van der Waals surface area contributed by atoms with Gasteiger partial charge in [0, 0.05) is 0 Å². The Balaban J connectivity index is 1.88. The van der Waals surface area contributed by atoms with Crippen LogP contribution in [0.1, 0.15) is 29.0 Å². The van der Waals surface area contributed by atoms with Crippen LogP contribution in [0, 0.1) is 11.6 Å². The van der Waals surface area contributed by atoms with Crippen molar-refractivity contribution in [2.24, 2.45) is 0 Å². The van der Waals surface area contributed by atoms with Crippen LogP contribution in [0.3, 0.4) is 0 Å². The Kier molecular flexibility index (Phi) is 3.00. The second-order valence-corrected chi connectivity index (χ2v) is 5.38. The van der Waals surface area contributed by atoms with Crippen LogP contribution in [0.5, 0.6) is 0 Å². The number of nitrogens with one attached hydrogen (secondary N) is 2. The third-order valence-electron chi connectivity index (χ3n) is 3.11. The summed E-state index contributed by atoms with van der Waals surface area (Å²) >= 11 is 2.86. The summed E-state index contributed by atoms with van der Waals surface area (Å²) in [6.45, 7) is 0. The Hall–Kier alpha value is -1.90. The Morgan fingerprint density at radius 3 is 2.75 bits per heavy atom. The summed E-state index contributed by atoms with van der Waals surface area (Å²) in [6, 6.07) is 1.81. The molecule has 0 saturated heterocycles. The zero-order chi connectivity index (χ0) is 14.3. The Morgan fingerprint density at radius 1 is 1.40 bits per heavy atom. The molecule has 0 atom stereocenters. The minimum absolute atomic E-state index is 0.105. The number of nitrogens with zero attached hydrogens (tertiary/aromatic N) is 3. The first-order valence-electron chi connectivity index (χ1n) is 5.73. The summed E-state index contributed by atoms with van der Waals surface area (Å²) in [5, 5.41) is 16.0. The minimum atomic E-state index is -0.812. The Bertz CT molecular complexity index is 672. The molecule has 0 unspecified atom stereocenters. The van der Waals surface area contributed by atoms with Crippen LogP contribution >= 0.6 is 15.9 Å². The first kappa shape index (κ1) is 13.1. The number of H-pyrrole nitrogens is 1. The lowest BCUT2D eigenvalue weighted by atomic mass is 10.1. The second kappa shape index (κ2) is 4.58. The fourth-order valence-corrected chi connectivity index (χ4v) is 2.33. The highest BCUT2D eigenvalue weighted by molar-refractivity contribution is 9.10. The topological polar surface area (TPSA) is 83.6 Å². The maximum atomic E-state index is 13.8. The molecule has 9 heteroatoms. The second-order valence-electron chi connectivity index (χ2n) is 4.52. The number of aromatic amines is 1. The lowest BCUT2D eigenvalue weighted by molar-refractivity contribution is 0.0924. The smallest absolute Gasteiger partial charge is 0.255 e. The molecule has 1 heterocycles. The largest absolute Gasteiger partial charge is 0.339 e. The molecule has 0 bridgehead atoms. The summed E-state index contributed by atoms with van der Waals surface area (Å²) in [7, 11) is 0. The zero-order valence-corrected chi connectivity index (χ0v) is 11.5. The van der Waals surface area contributed by atoms with E-state index in [1.165, 1.54) is 0 Å². The van der Waals surface area contributed by atoms with Gasteiger partial charge in [0.1, 0.15) is 17.2 Å². The number of amides is 1. The standard InChI is InChI=1S/C11H8BrF2N5O/c12-7-4-5(13)3-6(8(7)14)9(20)15-11(1-2-11)10-16-18-19-17-10/h3-4H,1-2H2,(H,15,20)(H,16,17,18,19). The van der Waals surface area contributed by atoms with Crippen molar-refractivity contribution in [2.45, 2.75) is 18.4 Å². The van der Waals surface area contributed by atoms with Gasteiger partial charge < -0.3 is 5.32 Å². The van der Waals surface area contributed by atoms with Crippen molar-refractivity contribution in [1.82, 2.24) is 25.9 Å². The molecule has 1 amide bonds. The number of hydrogen-bond acceptors (Lipinski definition) is 4. The summed E-state index contributed by atoms with van der Waals surface area (Å²) in [5.41, 5.74) is -1.11. The van der Waals surface area contributed by atoms with E-state index in [0.717, 1.165) is 12.1 Å². The highest BCUT2D eigenvalue weighted by Crippen LogP contribution is 2.43. The highest BCUT2D eigenvalue weighted by atomic mass is 79.9. The molecular formula is C11H8BrF2N5O. The van der Waals surface area contributed by atoms with Crippen molar-refractivity contribution < 1.29 is 13.6 Å². The maximum absolute atomic E-state index is 13.8. The third kappa shape index (κ3) is 2.17. The molecule has 2 N–H and O–H groups in total. The molecule has 1 aliphatic rings. The van der Waals surface area contributed by atoms with Crippen LogP contribution in [0.15, 0.2) is 16.6 Å². The van der Waals surface area contributed by atoms with Crippen molar-refractivity contribution in [3.05, 3.63) is 39.6 Å². The van der Waals surface area contributed by atoms with E-state index in [1.54, 1.807) is 0 Å². The predicted octanol–water partition coefficient (Wildman–Crippen LogP) is 1.66. The van der Waals surface area contributed by atoms with Gasteiger partial charge in [-0.2, -0.15) is 5.21 Å². The van der Waals surface area contributed by atoms with Crippen LogP contribution in [-0.4, -0.2) is 26.5 Å². The Labute approximate surface area is 120 Å². The van der Waals surface area contributed by atoms with Crippen molar-refractivity contribution in [3.8, 4) is 0 Å². The molecule has 0 aliphatic heterocycles. The van der Waals surface area contributed by atoms with Gasteiger partial charge in [0.05, 0.1) is 10.0 Å². The number of carbonyl (C=O) groups is 1. The van der Waals surface area contributed by atoms with Crippen molar-refractivity contribution in [1.29, 1.82) is 0 Å². The highest BCUT2D eigenvalue weighted by Gasteiger charge is 2.49. The van der Waals surface area contributed by atoms with E-state index in [9.17, 15) is 13.6 Å². The molecule has 1 saturated carbocycles. The van der Waals surface area contributed by atoms with E-state index in [4.69, 9.17) is 0 Å². The number of benzene rings is 1. The average molecular weight is 344 g/mol. The van der Waals surface area contributed by atoms with Gasteiger partial charge in [-0.3, -0.25) is 4.79 Å². The van der Waals surface area contributed by atoms with Crippen molar-refractivity contribution in [2.75, 3.05) is 0 Å². The number of carbonyl (C=O) groups excluding carboxylic acids is 1. The number of halogens is 3. The fourth-order valence-electron chi connectivity index (χ4n) is 1.90. The molecule has 1 aromatic heterocycles. The maximum Gasteiger partial charge on any atom is 0.255 e. The van der Waals surface area contributed by atoms with Gasteiger partial charge in [-0.05, 0) is 40.9 Å². The van der Waals surface area contributed by atoms with Crippen LogP contribution in [0.2, 0.25) is 0 Å². The van der Waals surface area contributed by atoms with Gasteiger partial charge >= 0.3 is 0 Å². The van der Waals surface area contributed by atoms with Gasteiger partial charge in [-0.15, -0.1) is 10.2 Å². The van der Waals surface area contributed by atoms with E-state index in [1.807, 2.05) is 0 Å². The third-order valence-corrected chi connectivity index (χ3v) is 3.69. The predicted molar refractivity (Wildman–Crippen MR) is 66.6 cm³/mol. The summed E-state index contributed by atoms with van der Waals surface area (Å²) in [4.78, 5) is 12.1. The molecule has 1 aromatic carbocycles. The quantitative estimate of drug-likeness (QED) is 0.830. The summed E-state index contributed by atoms with van der Waals surface area (Å²) in [6.07, 6.45) is 1.24. The number of tetrazole rings is 1. The lowest BCUT2D eigenvalue weighted by Crippen LogP contribution is -2.36.